The molecule has 0 aromatic carbocycles. The first-order valence-electron chi connectivity index (χ1n) is 7.43. The van der Waals surface area contributed by atoms with Gasteiger partial charge in [0, 0.05) is 12.5 Å². The maximum absolute atomic E-state index is 5.89. The Morgan fingerprint density at radius 3 is 2.53 bits per heavy atom. The molecular formula is C14H26N2O. The lowest BCUT2D eigenvalue weighted by Gasteiger charge is -2.22. The molecule has 2 heterocycles. The van der Waals surface area contributed by atoms with Gasteiger partial charge in [-0.05, 0) is 57.0 Å². The lowest BCUT2D eigenvalue weighted by atomic mass is 9.89. The smallest absolute Gasteiger partial charge is 0.0621 e. The van der Waals surface area contributed by atoms with E-state index in [1.807, 2.05) is 0 Å². The predicted molar refractivity (Wildman–Crippen MR) is 68.8 cm³/mol. The second-order valence-corrected chi connectivity index (χ2v) is 6.21. The molecule has 98 valence electrons. The molecule has 0 amide bonds. The standard InChI is InChI=1S/C14H26N2O/c15-7-10-2-1-3-11(10)8-16-9-12-6-13-4-5-14(12)17-13/h10-14,16H,1-9,15H2. The van der Waals surface area contributed by atoms with Crippen molar-refractivity contribution in [3.05, 3.63) is 0 Å². The molecule has 5 unspecified atom stereocenters. The second kappa shape index (κ2) is 5.25. The summed E-state index contributed by atoms with van der Waals surface area (Å²) in [4.78, 5) is 0. The summed E-state index contributed by atoms with van der Waals surface area (Å²) >= 11 is 0. The van der Waals surface area contributed by atoms with Gasteiger partial charge in [0.25, 0.3) is 0 Å². The average molecular weight is 238 g/mol. The van der Waals surface area contributed by atoms with Crippen LogP contribution in [0, 0.1) is 17.8 Å². The van der Waals surface area contributed by atoms with Crippen molar-refractivity contribution in [2.45, 2.75) is 50.7 Å². The molecule has 2 aliphatic heterocycles. The fourth-order valence-electron chi connectivity index (χ4n) is 4.10. The Balaban J connectivity index is 1.37. The number of nitrogens with two attached hydrogens (primary N) is 1. The summed E-state index contributed by atoms with van der Waals surface area (Å²) in [5.74, 6) is 2.39. The quantitative estimate of drug-likeness (QED) is 0.763. The molecule has 3 N–H and O–H groups in total. The molecule has 3 fully saturated rings. The summed E-state index contributed by atoms with van der Waals surface area (Å²) in [6.45, 7) is 3.22. The van der Waals surface area contributed by atoms with E-state index >= 15 is 0 Å². The van der Waals surface area contributed by atoms with E-state index in [-0.39, 0.29) is 0 Å². The molecule has 3 nitrogen and oxygen atoms in total. The average Bonchev–Trinajstić information content (AvgIpc) is 3.04. The van der Waals surface area contributed by atoms with Crippen molar-refractivity contribution in [2.75, 3.05) is 19.6 Å². The van der Waals surface area contributed by atoms with E-state index in [9.17, 15) is 0 Å². The first-order valence-corrected chi connectivity index (χ1v) is 7.43. The van der Waals surface area contributed by atoms with Gasteiger partial charge in [-0.1, -0.05) is 6.42 Å². The zero-order valence-electron chi connectivity index (χ0n) is 10.7. The number of rotatable bonds is 5. The fraction of sp³-hybridized carbons (Fsp3) is 1.00. The maximum Gasteiger partial charge on any atom is 0.0621 e. The lowest BCUT2D eigenvalue weighted by molar-refractivity contribution is 0.0922. The topological polar surface area (TPSA) is 47.3 Å². The van der Waals surface area contributed by atoms with Crippen LogP contribution in [0.3, 0.4) is 0 Å². The van der Waals surface area contributed by atoms with Gasteiger partial charge in [0.2, 0.25) is 0 Å². The zero-order valence-corrected chi connectivity index (χ0v) is 10.7. The van der Waals surface area contributed by atoms with Crippen LogP contribution in [0.25, 0.3) is 0 Å². The number of nitrogens with one attached hydrogen (secondary N) is 1. The monoisotopic (exact) mass is 238 g/mol. The van der Waals surface area contributed by atoms with Crippen LogP contribution in [-0.2, 0) is 4.74 Å². The summed E-state index contributed by atoms with van der Waals surface area (Å²) in [6, 6.07) is 0. The maximum atomic E-state index is 5.89. The van der Waals surface area contributed by atoms with Gasteiger partial charge in [-0.25, -0.2) is 0 Å². The Morgan fingerprint density at radius 1 is 1.00 bits per heavy atom. The summed E-state index contributed by atoms with van der Waals surface area (Å²) in [7, 11) is 0. The van der Waals surface area contributed by atoms with Crippen molar-refractivity contribution in [3.8, 4) is 0 Å². The first kappa shape index (κ1) is 11.9. The highest BCUT2D eigenvalue weighted by Gasteiger charge is 2.40. The van der Waals surface area contributed by atoms with Crippen molar-refractivity contribution in [1.29, 1.82) is 0 Å². The fourth-order valence-corrected chi connectivity index (χ4v) is 4.10. The van der Waals surface area contributed by atoms with Gasteiger partial charge in [-0.15, -0.1) is 0 Å². The summed E-state index contributed by atoms with van der Waals surface area (Å²) in [5, 5.41) is 3.68. The van der Waals surface area contributed by atoms with Crippen molar-refractivity contribution >= 4 is 0 Å². The minimum Gasteiger partial charge on any atom is -0.375 e. The molecule has 0 aromatic heterocycles. The molecule has 1 saturated carbocycles. The minimum absolute atomic E-state index is 0.571. The van der Waals surface area contributed by atoms with Crippen molar-refractivity contribution in [2.24, 2.45) is 23.5 Å². The third kappa shape index (κ3) is 2.51. The predicted octanol–water partition coefficient (Wildman–Crippen LogP) is 1.52. The SMILES string of the molecule is NCC1CCCC1CNCC1CC2CCC1O2. The number of ether oxygens (including phenoxy) is 1. The van der Waals surface area contributed by atoms with E-state index in [1.165, 1.54) is 45.1 Å². The van der Waals surface area contributed by atoms with Crippen molar-refractivity contribution in [1.82, 2.24) is 5.32 Å². The summed E-state index contributed by atoms with van der Waals surface area (Å²) < 4.78 is 5.89. The van der Waals surface area contributed by atoms with E-state index in [2.05, 4.69) is 5.32 Å². The highest BCUT2D eigenvalue weighted by atomic mass is 16.5. The number of hydrogen-bond donors (Lipinski definition) is 2. The second-order valence-electron chi connectivity index (χ2n) is 6.21. The molecule has 17 heavy (non-hydrogen) atoms. The van der Waals surface area contributed by atoms with Crippen LogP contribution in [0.4, 0.5) is 0 Å². The van der Waals surface area contributed by atoms with Crippen LogP contribution in [0.2, 0.25) is 0 Å². The van der Waals surface area contributed by atoms with E-state index in [0.717, 1.165) is 30.8 Å². The van der Waals surface area contributed by atoms with E-state index in [4.69, 9.17) is 10.5 Å². The van der Waals surface area contributed by atoms with Crippen LogP contribution in [-0.4, -0.2) is 31.8 Å². The van der Waals surface area contributed by atoms with Gasteiger partial charge >= 0.3 is 0 Å². The van der Waals surface area contributed by atoms with E-state index in [1.54, 1.807) is 0 Å². The third-order valence-electron chi connectivity index (χ3n) is 5.16. The molecule has 1 aliphatic carbocycles. The van der Waals surface area contributed by atoms with Gasteiger partial charge in [-0.3, -0.25) is 0 Å². The minimum atomic E-state index is 0.571. The zero-order chi connectivity index (χ0) is 11.7. The Kier molecular flexibility index (Phi) is 3.69. The summed E-state index contributed by atoms with van der Waals surface area (Å²) in [6.07, 6.45) is 9.16. The van der Waals surface area contributed by atoms with Gasteiger partial charge in [-0.2, -0.15) is 0 Å². The highest BCUT2D eigenvalue weighted by molar-refractivity contribution is 4.90. The molecule has 3 heteroatoms. The van der Waals surface area contributed by atoms with Crippen molar-refractivity contribution in [3.63, 3.8) is 0 Å². The summed E-state index contributed by atoms with van der Waals surface area (Å²) in [5.41, 5.74) is 5.82. The third-order valence-corrected chi connectivity index (χ3v) is 5.16. The van der Waals surface area contributed by atoms with Crippen LogP contribution in [0.1, 0.15) is 38.5 Å². The normalized spacial score (nSPS) is 44.6. The van der Waals surface area contributed by atoms with Crippen LogP contribution in [0.15, 0.2) is 0 Å². The Morgan fingerprint density at radius 2 is 1.82 bits per heavy atom. The molecule has 2 saturated heterocycles. The Bertz CT molecular complexity index is 253. The van der Waals surface area contributed by atoms with Crippen LogP contribution < -0.4 is 11.1 Å². The van der Waals surface area contributed by atoms with Gasteiger partial charge < -0.3 is 15.8 Å². The van der Waals surface area contributed by atoms with E-state index < -0.39 is 0 Å². The number of hydrogen-bond acceptors (Lipinski definition) is 3. The Labute approximate surface area is 104 Å². The molecule has 3 aliphatic rings. The highest BCUT2D eigenvalue weighted by Crippen LogP contribution is 2.38. The van der Waals surface area contributed by atoms with Gasteiger partial charge in [0.05, 0.1) is 12.2 Å². The van der Waals surface area contributed by atoms with E-state index in [0.29, 0.717) is 12.2 Å². The van der Waals surface area contributed by atoms with Crippen molar-refractivity contribution < 1.29 is 4.74 Å². The molecule has 0 aromatic rings. The molecule has 5 atom stereocenters. The molecule has 3 rings (SSSR count). The van der Waals surface area contributed by atoms with Gasteiger partial charge in [0.15, 0.2) is 0 Å². The van der Waals surface area contributed by atoms with Crippen LogP contribution in [0.5, 0.6) is 0 Å². The molecule has 2 bridgehead atoms. The largest absolute Gasteiger partial charge is 0.375 e. The molecule has 0 radical (unpaired) electrons. The first-order chi connectivity index (χ1) is 8.36. The lowest BCUT2D eigenvalue weighted by Crippen LogP contribution is -2.34. The van der Waals surface area contributed by atoms with Gasteiger partial charge in [0.1, 0.15) is 0 Å². The molecular weight excluding hydrogens is 212 g/mol. The number of fused-ring (bicyclic) bond motifs is 2. The van der Waals surface area contributed by atoms with Crippen LogP contribution >= 0.6 is 0 Å². The Hall–Kier alpha value is -0.120. The molecule has 0 spiro atoms.